The Labute approximate surface area is 349 Å². The number of allylic oxidation sites excluding steroid dienone is 18. The zero-order valence-corrected chi connectivity index (χ0v) is 36.3. The molecule has 0 heterocycles. The summed E-state index contributed by atoms with van der Waals surface area (Å²) in [7, 11) is 0. The predicted octanol–water partition coefficient (Wildman–Crippen LogP) is 14.4. The predicted molar refractivity (Wildman–Crippen MR) is 242 cm³/mol. The molecule has 0 amide bonds. The minimum absolute atomic E-state index is 0.135. The Kier molecular flexibility index (Phi) is 41.7. The smallest absolute Gasteiger partial charge is 0.306 e. The Bertz CT molecular complexity index is 1230. The number of carbonyl (C=O) groups excluding carboxylic acids is 3. The minimum Gasteiger partial charge on any atom is -0.462 e. The molecule has 6 heteroatoms. The van der Waals surface area contributed by atoms with Gasteiger partial charge in [-0.1, -0.05) is 169 Å². The van der Waals surface area contributed by atoms with E-state index in [0.717, 1.165) is 83.5 Å². The fraction of sp³-hybridized carbons (Fsp3) is 0.588. The highest BCUT2D eigenvalue weighted by atomic mass is 16.6. The third-order valence-electron chi connectivity index (χ3n) is 8.77. The van der Waals surface area contributed by atoms with Crippen molar-refractivity contribution >= 4 is 17.9 Å². The van der Waals surface area contributed by atoms with E-state index >= 15 is 0 Å². The number of ether oxygens (including phenoxy) is 3. The molecule has 0 saturated heterocycles. The Hall–Kier alpha value is -3.93. The van der Waals surface area contributed by atoms with E-state index in [9.17, 15) is 14.4 Å². The van der Waals surface area contributed by atoms with Gasteiger partial charge in [-0.3, -0.25) is 14.4 Å². The minimum atomic E-state index is -0.847. The third-order valence-corrected chi connectivity index (χ3v) is 8.77. The van der Waals surface area contributed by atoms with Crippen molar-refractivity contribution in [1.82, 2.24) is 0 Å². The molecule has 1 atom stereocenters. The quantitative estimate of drug-likeness (QED) is 0.0268. The van der Waals surface area contributed by atoms with E-state index in [-0.39, 0.29) is 38.0 Å². The van der Waals surface area contributed by atoms with Gasteiger partial charge in [-0.25, -0.2) is 0 Å². The van der Waals surface area contributed by atoms with Gasteiger partial charge >= 0.3 is 17.9 Å². The molecule has 0 radical (unpaired) electrons. The van der Waals surface area contributed by atoms with E-state index in [1.165, 1.54) is 38.5 Å². The second-order valence-corrected chi connectivity index (χ2v) is 14.2. The largest absolute Gasteiger partial charge is 0.462 e. The fourth-order valence-corrected chi connectivity index (χ4v) is 5.46. The Balaban J connectivity index is 4.62. The van der Waals surface area contributed by atoms with Gasteiger partial charge in [0, 0.05) is 19.3 Å². The first-order valence-electron chi connectivity index (χ1n) is 22.4. The summed E-state index contributed by atoms with van der Waals surface area (Å²) in [5.74, 6) is -1.12. The maximum Gasteiger partial charge on any atom is 0.306 e. The zero-order chi connectivity index (χ0) is 41.5. The number of esters is 3. The summed E-state index contributed by atoms with van der Waals surface area (Å²) in [6, 6.07) is 0. The van der Waals surface area contributed by atoms with Crippen molar-refractivity contribution in [2.45, 2.75) is 181 Å². The summed E-state index contributed by atoms with van der Waals surface area (Å²) in [5.41, 5.74) is 0. The Morgan fingerprint density at radius 1 is 0.368 bits per heavy atom. The fourth-order valence-electron chi connectivity index (χ4n) is 5.46. The first-order chi connectivity index (χ1) is 28.0. The number of unbranched alkanes of at least 4 members (excludes halogenated alkanes) is 9. The molecule has 0 fully saturated rings. The molecule has 0 aromatic rings. The van der Waals surface area contributed by atoms with Gasteiger partial charge in [-0.15, -0.1) is 0 Å². The van der Waals surface area contributed by atoms with Crippen LogP contribution in [-0.4, -0.2) is 37.2 Å². The molecular weight excluding hydrogens is 709 g/mol. The van der Waals surface area contributed by atoms with Crippen molar-refractivity contribution in [2.75, 3.05) is 13.2 Å². The standard InChI is InChI=1S/C51H80O6/c1-4-7-10-13-16-19-22-25-28-31-34-37-40-43-49(52)55-46-48(57-51(54)45-42-39-36-33-30-27-24-21-18-15-12-9-6-3)47-56-50(53)44-41-38-35-32-29-26-23-20-17-14-11-8-5-2/h7,9-10,12,16,18-21,23,25,27-28,30,34,36-37,39,48H,4-6,8,11,13-15,17,22,24,26,29,31-33,35,38,40-47H2,1-3H3/b10-7-,12-9-,19-16-,21-18-,23-20-,28-25-,30-27-,37-34-,39-36-. The number of carbonyl (C=O) groups is 3. The van der Waals surface area contributed by atoms with E-state index in [0.29, 0.717) is 19.3 Å². The summed E-state index contributed by atoms with van der Waals surface area (Å²) in [6.07, 6.45) is 59.5. The third kappa shape index (κ3) is 43.0. The average Bonchev–Trinajstić information content (AvgIpc) is 3.21. The molecule has 0 spiro atoms. The Morgan fingerprint density at radius 2 is 0.719 bits per heavy atom. The molecule has 1 unspecified atom stereocenters. The van der Waals surface area contributed by atoms with Crippen LogP contribution in [-0.2, 0) is 28.6 Å². The van der Waals surface area contributed by atoms with Crippen LogP contribution >= 0.6 is 0 Å². The van der Waals surface area contributed by atoms with E-state index in [2.05, 4.69) is 106 Å². The molecule has 0 aliphatic rings. The van der Waals surface area contributed by atoms with Crippen LogP contribution in [0.4, 0.5) is 0 Å². The highest BCUT2D eigenvalue weighted by Crippen LogP contribution is 2.11. The van der Waals surface area contributed by atoms with Crippen LogP contribution in [0.2, 0.25) is 0 Å². The highest BCUT2D eigenvalue weighted by Gasteiger charge is 2.19. The van der Waals surface area contributed by atoms with Crippen LogP contribution in [0, 0.1) is 0 Å². The summed E-state index contributed by atoms with van der Waals surface area (Å²) < 4.78 is 16.5. The first-order valence-corrected chi connectivity index (χ1v) is 22.4. The summed E-state index contributed by atoms with van der Waals surface area (Å²) in [5, 5.41) is 0. The molecule has 0 saturated carbocycles. The van der Waals surface area contributed by atoms with Crippen molar-refractivity contribution in [2.24, 2.45) is 0 Å². The van der Waals surface area contributed by atoms with Crippen LogP contribution in [0.15, 0.2) is 109 Å². The molecule has 0 N–H and O–H groups in total. The molecule has 0 bridgehead atoms. The van der Waals surface area contributed by atoms with Crippen LogP contribution in [0.25, 0.3) is 0 Å². The van der Waals surface area contributed by atoms with Crippen LogP contribution < -0.4 is 0 Å². The summed E-state index contributed by atoms with van der Waals surface area (Å²) in [4.78, 5) is 37.7. The number of hydrogen-bond acceptors (Lipinski definition) is 6. The second-order valence-electron chi connectivity index (χ2n) is 14.2. The average molecular weight is 789 g/mol. The van der Waals surface area contributed by atoms with Gasteiger partial charge in [0.05, 0.1) is 0 Å². The van der Waals surface area contributed by atoms with Gasteiger partial charge in [-0.2, -0.15) is 0 Å². The van der Waals surface area contributed by atoms with Gasteiger partial charge in [0.1, 0.15) is 13.2 Å². The lowest BCUT2D eigenvalue weighted by Gasteiger charge is -2.18. The van der Waals surface area contributed by atoms with E-state index in [4.69, 9.17) is 14.2 Å². The molecule has 0 aliphatic heterocycles. The van der Waals surface area contributed by atoms with Crippen LogP contribution in [0.1, 0.15) is 175 Å². The van der Waals surface area contributed by atoms with Gasteiger partial charge in [-0.05, 0) is 96.3 Å². The van der Waals surface area contributed by atoms with Gasteiger partial charge in [0.2, 0.25) is 0 Å². The number of hydrogen-bond donors (Lipinski definition) is 0. The summed E-state index contributed by atoms with van der Waals surface area (Å²) in [6.45, 7) is 6.22. The molecule has 0 aromatic heterocycles. The van der Waals surface area contributed by atoms with Crippen LogP contribution in [0.5, 0.6) is 0 Å². The lowest BCUT2D eigenvalue weighted by molar-refractivity contribution is -0.166. The molecule has 0 rings (SSSR count). The lowest BCUT2D eigenvalue weighted by atomic mass is 10.1. The molecule has 57 heavy (non-hydrogen) atoms. The molecule has 6 nitrogen and oxygen atoms in total. The van der Waals surface area contributed by atoms with Crippen molar-refractivity contribution < 1.29 is 28.6 Å². The van der Waals surface area contributed by atoms with Crippen LogP contribution in [0.3, 0.4) is 0 Å². The lowest BCUT2D eigenvalue weighted by Crippen LogP contribution is -2.30. The maximum atomic E-state index is 12.7. The zero-order valence-electron chi connectivity index (χ0n) is 36.3. The van der Waals surface area contributed by atoms with E-state index in [1.54, 1.807) is 0 Å². The van der Waals surface area contributed by atoms with Gasteiger partial charge in [0.25, 0.3) is 0 Å². The van der Waals surface area contributed by atoms with Gasteiger partial charge in [0.15, 0.2) is 6.10 Å². The van der Waals surface area contributed by atoms with Crippen molar-refractivity contribution in [3.8, 4) is 0 Å². The maximum absolute atomic E-state index is 12.7. The Morgan fingerprint density at radius 3 is 1.18 bits per heavy atom. The van der Waals surface area contributed by atoms with Crippen molar-refractivity contribution in [3.63, 3.8) is 0 Å². The highest BCUT2D eigenvalue weighted by molar-refractivity contribution is 5.71. The van der Waals surface area contributed by atoms with Crippen molar-refractivity contribution in [3.05, 3.63) is 109 Å². The van der Waals surface area contributed by atoms with Crippen molar-refractivity contribution in [1.29, 1.82) is 0 Å². The molecular formula is C51H80O6. The first kappa shape index (κ1) is 53.1. The molecule has 320 valence electrons. The SMILES string of the molecule is CC/C=C\C/C=C\C/C=C\C/C=C\CCC(=O)OCC(COC(=O)CCCCCCC/C=C\CCCCCC)OC(=O)CC/C=C\C/C=C\C/C=C\C/C=C\CC. The van der Waals surface area contributed by atoms with Gasteiger partial charge < -0.3 is 14.2 Å². The normalized spacial score (nSPS) is 13.1. The molecule has 0 aromatic carbocycles. The number of rotatable bonds is 38. The molecule has 0 aliphatic carbocycles. The van der Waals surface area contributed by atoms with E-state index < -0.39 is 12.1 Å². The monoisotopic (exact) mass is 789 g/mol. The second kappa shape index (κ2) is 44.8. The topological polar surface area (TPSA) is 78.9 Å². The van der Waals surface area contributed by atoms with E-state index in [1.807, 2.05) is 24.3 Å². The summed E-state index contributed by atoms with van der Waals surface area (Å²) >= 11 is 0.